The summed E-state index contributed by atoms with van der Waals surface area (Å²) in [5.74, 6) is -0.129. The molecule has 46 heavy (non-hydrogen) atoms. The summed E-state index contributed by atoms with van der Waals surface area (Å²) in [6, 6.07) is -0.261. The number of carbonyl (C=O) groups is 4. The Morgan fingerprint density at radius 1 is 0.435 bits per heavy atom. The number of ketones is 1. The quantitative estimate of drug-likeness (QED) is 0.0505. The fourth-order valence-corrected chi connectivity index (χ4v) is 5.63. The first-order chi connectivity index (χ1) is 22.2. The third kappa shape index (κ3) is 26.0. The highest BCUT2D eigenvalue weighted by Crippen LogP contribution is 2.11. The van der Waals surface area contributed by atoms with Gasteiger partial charge in [0.15, 0.2) is 0 Å². The van der Waals surface area contributed by atoms with Crippen molar-refractivity contribution in [1.82, 2.24) is 42.5 Å². The second kappa shape index (κ2) is 30.2. The summed E-state index contributed by atoms with van der Waals surface area (Å²) < 4.78 is 0. The maximum absolute atomic E-state index is 13.1. The highest BCUT2D eigenvalue weighted by molar-refractivity contribution is 5.81. The Morgan fingerprint density at radius 3 is 1.17 bits per heavy atom. The molecule has 8 N–H and O–H groups in total. The number of hydrogen-bond donors (Lipinski definition) is 8. The Hall–Kier alpha value is -2.12. The summed E-state index contributed by atoms with van der Waals surface area (Å²) in [6.45, 7) is 4.94. The second-order valence-electron chi connectivity index (χ2n) is 12.7. The van der Waals surface area contributed by atoms with Gasteiger partial charge in [0.1, 0.15) is 5.78 Å². The third-order valence-corrected chi connectivity index (χ3v) is 8.37. The summed E-state index contributed by atoms with van der Waals surface area (Å²) in [5, 5.41) is 25.1. The summed E-state index contributed by atoms with van der Waals surface area (Å²) in [6.07, 6.45) is 12.2. The Morgan fingerprint density at radius 2 is 0.783 bits per heavy atom. The standard InChI is InChI=1S/C34H70N8O4/c1-27(43)23-30(17-10-14-22-40-32(44)24-28(38-5)15-7-11-19-35-2)41-34(46)26-31(18-9-13-21-37-4)42-33(45)25-29(39-6)16-8-12-20-36-3/h28-31,35-39H,7-26H2,1-6H3,(H,40,44)(H,41,46)(H,42,45). The molecule has 4 atom stereocenters. The Kier molecular flexibility index (Phi) is 28.8. The first-order valence-corrected chi connectivity index (χ1v) is 17.8. The SMILES string of the molecule is CNCCCCC(CC(=O)NCCCCC(CC(C)=O)NC(=O)CC(CCCCNC)NC(=O)CC(CCCCNC)NC)NC. The highest BCUT2D eigenvalue weighted by Gasteiger charge is 2.21. The van der Waals surface area contributed by atoms with Crippen LogP contribution in [0.1, 0.15) is 110 Å². The van der Waals surface area contributed by atoms with E-state index < -0.39 is 0 Å². The largest absolute Gasteiger partial charge is 0.356 e. The number of Topliss-reactive ketones (excluding diaryl/α,β-unsaturated/α-hetero) is 1. The summed E-state index contributed by atoms with van der Waals surface area (Å²) in [4.78, 5) is 50.5. The second-order valence-corrected chi connectivity index (χ2v) is 12.7. The minimum atomic E-state index is -0.265. The maximum atomic E-state index is 13.1. The van der Waals surface area contributed by atoms with E-state index in [0.717, 1.165) is 83.8 Å². The van der Waals surface area contributed by atoms with Crippen molar-refractivity contribution in [1.29, 1.82) is 0 Å². The molecule has 0 spiro atoms. The van der Waals surface area contributed by atoms with E-state index in [1.165, 1.54) is 6.92 Å². The Bertz CT molecular complexity index is 801. The van der Waals surface area contributed by atoms with Gasteiger partial charge in [0.25, 0.3) is 0 Å². The Balaban J connectivity index is 4.83. The molecular formula is C34H70N8O4. The number of nitrogens with one attached hydrogen (secondary N) is 8. The number of unbranched alkanes of at least 4 members (excludes halogenated alkanes) is 4. The van der Waals surface area contributed by atoms with Crippen molar-refractivity contribution in [2.75, 3.05) is 61.4 Å². The van der Waals surface area contributed by atoms with Crippen LogP contribution in [0.15, 0.2) is 0 Å². The molecule has 12 heteroatoms. The van der Waals surface area contributed by atoms with Crippen LogP contribution in [0.25, 0.3) is 0 Å². The van der Waals surface area contributed by atoms with Crippen molar-refractivity contribution in [3.8, 4) is 0 Å². The van der Waals surface area contributed by atoms with Gasteiger partial charge in [-0.1, -0.05) is 19.3 Å². The molecule has 0 bridgehead atoms. The van der Waals surface area contributed by atoms with Gasteiger partial charge in [0.05, 0.1) is 0 Å². The first kappa shape index (κ1) is 43.9. The van der Waals surface area contributed by atoms with Crippen molar-refractivity contribution >= 4 is 23.5 Å². The van der Waals surface area contributed by atoms with Crippen LogP contribution in [-0.4, -0.2) is 109 Å². The van der Waals surface area contributed by atoms with Crippen LogP contribution in [0.5, 0.6) is 0 Å². The molecular weight excluding hydrogens is 584 g/mol. The van der Waals surface area contributed by atoms with E-state index in [-0.39, 0.29) is 60.5 Å². The van der Waals surface area contributed by atoms with Gasteiger partial charge in [-0.2, -0.15) is 0 Å². The fourth-order valence-electron chi connectivity index (χ4n) is 5.63. The van der Waals surface area contributed by atoms with Crippen molar-refractivity contribution < 1.29 is 19.2 Å². The molecule has 0 aliphatic rings. The predicted octanol–water partition coefficient (Wildman–Crippen LogP) is 1.74. The van der Waals surface area contributed by atoms with Crippen LogP contribution in [0.3, 0.4) is 0 Å². The molecule has 3 amide bonds. The smallest absolute Gasteiger partial charge is 0.222 e. The minimum Gasteiger partial charge on any atom is -0.356 e. The van der Waals surface area contributed by atoms with Gasteiger partial charge in [-0.15, -0.1) is 0 Å². The zero-order chi connectivity index (χ0) is 34.4. The van der Waals surface area contributed by atoms with Crippen LogP contribution in [0.4, 0.5) is 0 Å². The Labute approximate surface area is 280 Å². The third-order valence-electron chi connectivity index (χ3n) is 8.37. The molecule has 0 radical (unpaired) electrons. The van der Waals surface area contributed by atoms with E-state index in [4.69, 9.17) is 0 Å². The summed E-state index contributed by atoms with van der Waals surface area (Å²) in [5.41, 5.74) is 0. The van der Waals surface area contributed by atoms with Gasteiger partial charge in [-0.05, 0) is 120 Å². The molecule has 0 heterocycles. The molecule has 4 unspecified atom stereocenters. The lowest BCUT2D eigenvalue weighted by Gasteiger charge is -2.23. The van der Waals surface area contributed by atoms with Crippen LogP contribution in [-0.2, 0) is 19.2 Å². The van der Waals surface area contributed by atoms with Gasteiger partial charge in [0, 0.05) is 56.4 Å². The van der Waals surface area contributed by atoms with E-state index in [9.17, 15) is 19.2 Å². The zero-order valence-electron chi connectivity index (χ0n) is 30.1. The van der Waals surface area contributed by atoms with Crippen LogP contribution >= 0.6 is 0 Å². The van der Waals surface area contributed by atoms with Crippen LogP contribution < -0.4 is 42.5 Å². The van der Waals surface area contributed by atoms with Gasteiger partial charge in [-0.3, -0.25) is 19.2 Å². The molecule has 0 saturated carbocycles. The molecule has 12 nitrogen and oxygen atoms in total. The minimum absolute atomic E-state index is 0.0242. The van der Waals surface area contributed by atoms with E-state index >= 15 is 0 Å². The molecule has 270 valence electrons. The van der Waals surface area contributed by atoms with E-state index in [0.29, 0.717) is 32.2 Å². The lowest BCUT2D eigenvalue weighted by molar-refractivity contribution is -0.124. The molecule has 0 aliphatic heterocycles. The number of rotatable bonds is 32. The number of carbonyl (C=O) groups excluding carboxylic acids is 4. The molecule has 0 aromatic carbocycles. The van der Waals surface area contributed by atoms with Crippen molar-refractivity contribution in [2.24, 2.45) is 0 Å². The molecule has 0 rings (SSSR count). The lowest BCUT2D eigenvalue weighted by atomic mass is 10.0. The maximum Gasteiger partial charge on any atom is 0.222 e. The summed E-state index contributed by atoms with van der Waals surface area (Å²) >= 11 is 0. The van der Waals surface area contributed by atoms with Crippen LogP contribution in [0, 0.1) is 0 Å². The van der Waals surface area contributed by atoms with Crippen molar-refractivity contribution in [3.63, 3.8) is 0 Å². The van der Waals surface area contributed by atoms with Gasteiger partial charge >= 0.3 is 0 Å². The zero-order valence-corrected chi connectivity index (χ0v) is 30.1. The van der Waals surface area contributed by atoms with Gasteiger partial charge in [-0.25, -0.2) is 0 Å². The molecule has 0 aromatic heterocycles. The van der Waals surface area contributed by atoms with Crippen molar-refractivity contribution in [2.45, 2.75) is 134 Å². The topological polar surface area (TPSA) is 165 Å². The van der Waals surface area contributed by atoms with E-state index in [1.54, 1.807) is 0 Å². The van der Waals surface area contributed by atoms with Crippen LogP contribution in [0.2, 0.25) is 0 Å². The normalized spacial score (nSPS) is 13.9. The number of amides is 3. The van der Waals surface area contributed by atoms with Gasteiger partial charge in [0.2, 0.25) is 17.7 Å². The average molecular weight is 655 g/mol. The first-order valence-electron chi connectivity index (χ1n) is 17.8. The fraction of sp³-hybridized carbons (Fsp3) is 0.882. The summed E-state index contributed by atoms with van der Waals surface area (Å²) in [7, 11) is 9.58. The number of hydrogen-bond acceptors (Lipinski definition) is 9. The average Bonchev–Trinajstić information content (AvgIpc) is 3.01. The molecule has 0 saturated heterocycles. The highest BCUT2D eigenvalue weighted by atomic mass is 16.2. The monoisotopic (exact) mass is 655 g/mol. The predicted molar refractivity (Wildman–Crippen MR) is 189 cm³/mol. The van der Waals surface area contributed by atoms with E-state index in [1.807, 2.05) is 35.2 Å². The molecule has 0 aromatic rings. The van der Waals surface area contributed by atoms with Crippen molar-refractivity contribution in [3.05, 3.63) is 0 Å². The van der Waals surface area contributed by atoms with Gasteiger partial charge < -0.3 is 42.5 Å². The lowest BCUT2D eigenvalue weighted by Crippen LogP contribution is -2.44. The molecule has 0 aliphatic carbocycles. The molecule has 0 fully saturated rings. The van der Waals surface area contributed by atoms with E-state index in [2.05, 4.69) is 42.5 Å².